The van der Waals surface area contributed by atoms with Crippen LogP contribution in [-0.2, 0) is 19.4 Å². The van der Waals surface area contributed by atoms with E-state index >= 15 is 0 Å². The van der Waals surface area contributed by atoms with E-state index in [9.17, 15) is 18.0 Å². The van der Waals surface area contributed by atoms with Crippen LogP contribution in [0.25, 0.3) is 0 Å². The van der Waals surface area contributed by atoms with E-state index in [4.69, 9.17) is 51.1 Å². The summed E-state index contributed by atoms with van der Waals surface area (Å²) in [5.74, 6) is -1.59. The molecule has 1 aliphatic heterocycles. The number of rotatable bonds is 5. The highest BCUT2D eigenvalue weighted by atomic mass is 35.5. The molecule has 0 radical (unpaired) electrons. The third kappa shape index (κ3) is 4.72. The summed E-state index contributed by atoms with van der Waals surface area (Å²) in [4.78, 5) is 29.5. The molecular formula is C14H14Cl4N2O5S. The van der Waals surface area contributed by atoms with Gasteiger partial charge in [-0.1, -0.05) is 46.4 Å². The lowest BCUT2D eigenvalue weighted by Gasteiger charge is -2.26. The van der Waals surface area contributed by atoms with Crippen molar-refractivity contribution in [3.05, 3.63) is 25.9 Å². The second-order valence-electron chi connectivity index (χ2n) is 5.51. The zero-order valence-corrected chi connectivity index (χ0v) is 17.3. The molecule has 0 bridgehead atoms. The predicted octanol–water partition coefficient (Wildman–Crippen LogP) is 2.89. The van der Waals surface area contributed by atoms with Gasteiger partial charge in [0.15, 0.2) is 22.1 Å². The number of hydrogen-bond donors (Lipinski definition) is 0. The number of pyridine rings is 1. The normalized spacial score (nSPS) is 18.6. The molecule has 1 fully saturated rings. The average Bonchev–Trinajstić information content (AvgIpc) is 2.94. The minimum atomic E-state index is -3.15. The Kier molecular flexibility index (Phi) is 7.01. The minimum absolute atomic E-state index is 0.0303. The molecule has 0 saturated carbocycles. The third-order valence-electron chi connectivity index (χ3n) is 3.81. The van der Waals surface area contributed by atoms with Crippen LogP contribution in [0.5, 0.6) is 0 Å². The molecule has 1 aliphatic rings. The van der Waals surface area contributed by atoms with Crippen LogP contribution < -0.4 is 0 Å². The number of halogens is 4. The molecule has 1 aromatic rings. The van der Waals surface area contributed by atoms with Crippen LogP contribution >= 0.6 is 46.4 Å². The van der Waals surface area contributed by atoms with Gasteiger partial charge in [0.25, 0.3) is 5.91 Å². The molecule has 7 nitrogen and oxygen atoms in total. The topological polar surface area (TPSA) is 93.6 Å². The van der Waals surface area contributed by atoms with Gasteiger partial charge in [0.2, 0.25) is 0 Å². The first kappa shape index (κ1) is 21.5. The van der Waals surface area contributed by atoms with E-state index < -0.39 is 34.4 Å². The van der Waals surface area contributed by atoms with Crippen LogP contribution in [0.3, 0.4) is 0 Å². The van der Waals surface area contributed by atoms with Gasteiger partial charge in [-0.3, -0.25) is 4.79 Å². The first-order valence-corrected chi connectivity index (χ1v) is 10.8. The lowest BCUT2D eigenvalue weighted by atomic mass is 10.2. The molecule has 0 spiro atoms. The van der Waals surface area contributed by atoms with E-state index in [1.54, 1.807) is 6.92 Å². The van der Waals surface area contributed by atoms with Crippen molar-refractivity contribution >= 4 is 68.1 Å². The Hall–Kier alpha value is -0.800. The number of ether oxygens (including phenoxy) is 1. The average molecular weight is 464 g/mol. The Bertz CT molecular complexity index is 846. The second kappa shape index (κ2) is 8.48. The number of likely N-dealkylation sites (N-methyl/N-ethyl adjacent to an activating group) is 1. The van der Waals surface area contributed by atoms with Crippen LogP contribution in [0.2, 0.25) is 20.2 Å². The predicted molar refractivity (Wildman–Crippen MR) is 99.0 cm³/mol. The van der Waals surface area contributed by atoms with E-state index in [0.29, 0.717) is 6.42 Å². The third-order valence-corrected chi connectivity index (χ3v) is 7.24. The summed E-state index contributed by atoms with van der Waals surface area (Å²) in [6.07, 6.45) is 0.353. The van der Waals surface area contributed by atoms with Crippen molar-refractivity contribution in [1.82, 2.24) is 9.88 Å². The maximum Gasteiger partial charge on any atom is 0.359 e. The Morgan fingerprint density at radius 1 is 1.19 bits per heavy atom. The monoisotopic (exact) mass is 462 g/mol. The molecule has 0 aliphatic carbocycles. The van der Waals surface area contributed by atoms with E-state index in [0.717, 1.165) is 0 Å². The number of esters is 1. The lowest BCUT2D eigenvalue weighted by molar-refractivity contribution is -0.136. The van der Waals surface area contributed by atoms with Gasteiger partial charge in [0.05, 0.1) is 26.6 Å². The highest BCUT2D eigenvalue weighted by molar-refractivity contribution is 7.91. The molecule has 1 amide bonds. The van der Waals surface area contributed by atoms with E-state index in [-0.39, 0.29) is 44.0 Å². The number of aromatic nitrogens is 1. The van der Waals surface area contributed by atoms with Gasteiger partial charge in [0.1, 0.15) is 5.15 Å². The lowest BCUT2D eigenvalue weighted by Crippen LogP contribution is -2.43. The zero-order valence-electron chi connectivity index (χ0n) is 13.5. The maximum atomic E-state index is 12.3. The van der Waals surface area contributed by atoms with Crippen molar-refractivity contribution in [3.8, 4) is 0 Å². The number of amides is 1. The van der Waals surface area contributed by atoms with Crippen molar-refractivity contribution in [2.24, 2.45) is 0 Å². The van der Waals surface area contributed by atoms with Crippen LogP contribution in [-0.4, -0.2) is 60.9 Å². The van der Waals surface area contributed by atoms with E-state index in [2.05, 4.69) is 4.98 Å². The molecule has 1 aromatic heterocycles. The molecule has 12 heteroatoms. The first-order chi connectivity index (χ1) is 12.1. The first-order valence-electron chi connectivity index (χ1n) is 7.44. The smallest absolute Gasteiger partial charge is 0.359 e. The molecule has 2 rings (SSSR count). The second-order valence-corrected chi connectivity index (χ2v) is 9.23. The molecule has 0 aromatic carbocycles. The summed E-state index contributed by atoms with van der Waals surface area (Å²) < 4.78 is 28.1. The molecular weight excluding hydrogens is 450 g/mol. The molecule has 0 N–H and O–H groups in total. The molecule has 2 heterocycles. The summed E-state index contributed by atoms with van der Waals surface area (Å²) in [6, 6.07) is -0.433. The molecule has 1 unspecified atom stereocenters. The van der Waals surface area contributed by atoms with Crippen LogP contribution in [0.4, 0.5) is 0 Å². The number of sulfone groups is 1. The fourth-order valence-electron chi connectivity index (χ4n) is 2.56. The summed E-state index contributed by atoms with van der Waals surface area (Å²) in [5, 5.41) is -0.734. The molecule has 144 valence electrons. The van der Waals surface area contributed by atoms with E-state index in [1.165, 1.54) is 4.90 Å². The van der Waals surface area contributed by atoms with Crippen LogP contribution in [0, 0.1) is 0 Å². The zero-order chi connectivity index (χ0) is 19.6. The summed E-state index contributed by atoms with van der Waals surface area (Å²) in [6.45, 7) is 1.40. The van der Waals surface area contributed by atoms with Gasteiger partial charge in [-0.25, -0.2) is 18.2 Å². The standard InChI is InChI=1S/C14H14Cl4N2O5S/c1-2-20(7-3-4-26(23,24)6-7)8(21)5-25-14(22)12-10(16)9(15)11(17)13(18)19-12/h7H,2-6H2,1H3. The van der Waals surface area contributed by atoms with Crippen LogP contribution in [0.15, 0.2) is 0 Å². The fourth-order valence-corrected chi connectivity index (χ4v) is 5.10. The van der Waals surface area contributed by atoms with Crippen molar-refractivity contribution < 1.29 is 22.7 Å². The Labute approximate surface area is 170 Å². The fraction of sp³-hybridized carbons (Fsp3) is 0.500. The molecule has 26 heavy (non-hydrogen) atoms. The van der Waals surface area contributed by atoms with Gasteiger partial charge in [-0.15, -0.1) is 0 Å². The van der Waals surface area contributed by atoms with Crippen molar-refractivity contribution in [1.29, 1.82) is 0 Å². The largest absolute Gasteiger partial charge is 0.451 e. The van der Waals surface area contributed by atoms with Crippen molar-refractivity contribution in [2.75, 3.05) is 24.7 Å². The minimum Gasteiger partial charge on any atom is -0.451 e. The SMILES string of the molecule is CCN(C(=O)COC(=O)c1nc(Cl)c(Cl)c(Cl)c1Cl)C1CCS(=O)(=O)C1. The Morgan fingerprint density at radius 2 is 1.85 bits per heavy atom. The van der Waals surface area contributed by atoms with Gasteiger partial charge in [0, 0.05) is 12.6 Å². The summed E-state index contributed by atoms with van der Waals surface area (Å²) in [5.41, 5.74) is -0.370. The van der Waals surface area contributed by atoms with Gasteiger partial charge in [-0.2, -0.15) is 0 Å². The van der Waals surface area contributed by atoms with Crippen molar-refractivity contribution in [2.45, 2.75) is 19.4 Å². The summed E-state index contributed by atoms with van der Waals surface area (Å²) in [7, 11) is -3.15. The number of hydrogen-bond acceptors (Lipinski definition) is 6. The number of nitrogens with zero attached hydrogens (tertiary/aromatic N) is 2. The summed E-state index contributed by atoms with van der Waals surface area (Å²) >= 11 is 23.3. The highest BCUT2D eigenvalue weighted by Crippen LogP contribution is 2.36. The maximum absolute atomic E-state index is 12.3. The van der Waals surface area contributed by atoms with Gasteiger partial charge in [-0.05, 0) is 13.3 Å². The molecule has 1 atom stereocenters. The van der Waals surface area contributed by atoms with Crippen LogP contribution in [0.1, 0.15) is 23.8 Å². The Morgan fingerprint density at radius 3 is 2.38 bits per heavy atom. The van der Waals surface area contributed by atoms with E-state index in [1.807, 2.05) is 0 Å². The number of carbonyl (C=O) groups excluding carboxylic acids is 2. The Balaban J connectivity index is 2.06. The van der Waals surface area contributed by atoms with Crippen molar-refractivity contribution in [3.63, 3.8) is 0 Å². The number of carbonyl (C=O) groups is 2. The molecule has 1 saturated heterocycles. The van der Waals surface area contributed by atoms with Gasteiger partial charge < -0.3 is 9.64 Å². The quantitative estimate of drug-likeness (QED) is 0.492. The highest BCUT2D eigenvalue weighted by Gasteiger charge is 2.34. The van der Waals surface area contributed by atoms with Gasteiger partial charge >= 0.3 is 5.97 Å².